The molecule has 2 aromatic rings. The fourth-order valence-corrected chi connectivity index (χ4v) is 2.12. The summed E-state index contributed by atoms with van der Waals surface area (Å²) in [5, 5.41) is 0.785. The van der Waals surface area contributed by atoms with Gasteiger partial charge in [-0.15, -0.1) is 0 Å². The molecule has 0 unspecified atom stereocenters. The fourth-order valence-electron chi connectivity index (χ4n) is 1.92. The molecule has 0 spiro atoms. The van der Waals surface area contributed by atoms with Crippen LogP contribution in [-0.4, -0.2) is 0 Å². The van der Waals surface area contributed by atoms with Crippen molar-refractivity contribution in [2.45, 2.75) is 6.42 Å². The van der Waals surface area contributed by atoms with Gasteiger partial charge in [0, 0.05) is 5.02 Å². The Morgan fingerprint density at radius 2 is 1.67 bits per heavy atom. The van der Waals surface area contributed by atoms with Crippen molar-refractivity contribution in [3.63, 3.8) is 0 Å². The molecular weight excluding hydrogens is 248 g/mol. The van der Waals surface area contributed by atoms with Crippen LogP contribution in [0.4, 0.5) is 0 Å². The molecular formula is C15H11ClO2. The highest BCUT2D eigenvalue weighted by molar-refractivity contribution is 6.31. The Hall–Kier alpha value is -1.93. The predicted molar refractivity (Wildman–Crippen MR) is 71.1 cm³/mol. The maximum absolute atomic E-state index is 6.15. The van der Waals surface area contributed by atoms with Gasteiger partial charge in [0.1, 0.15) is 12.5 Å². The van der Waals surface area contributed by atoms with Crippen LogP contribution in [0.15, 0.2) is 55.0 Å². The van der Waals surface area contributed by atoms with Crippen LogP contribution in [0.5, 0.6) is 11.5 Å². The first kappa shape index (κ1) is 11.2. The Morgan fingerprint density at radius 1 is 0.889 bits per heavy atom. The van der Waals surface area contributed by atoms with Gasteiger partial charge in [0.05, 0.1) is 0 Å². The highest BCUT2D eigenvalue weighted by atomic mass is 35.5. The summed E-state index contributed by atoms with van der Waals surface area (Å²) in [6, 6.07) is 13.7. The van der Waals surface area contributed by atoms with E-state index in [0.29, 0.717) is 0 Å². The van der Waals surface area contributed by atoms with E-state index < -0.39 is 0 Å². The smallest absolute Gasteiger partial charge is 0.169 e. The van der Waals surface area contributed by atoms with Gasteiger partial charge < -0.3 is 9.47 Å². The average molecular weight is 259 g/mol. The third-order valence-corrected chi connectivity index (χ3v) is 3.17. The van der Waals surface area contributed by atoms with Crippen molar-refractivity contribution in [2.24, 2.45) is 0 Å². The van der Waals surface area contributed by atoms with Gasteiger partial charge in [-0.05, 0) is 35.7 Å². The second-order valence-electron chi connectivity index (χ2n) is 4.06. The third kappa shape index (κ3) is 2.20. The number of hydrogen-bond acceptors (Lipinski definition) is 2. The zero-order valence-corrected chi connectivity index (χ0v) is 10.4. The highest BCUT2D eigenvalue weighted by Gasteiger charge is 2.09. The van der Waals surface area contributed by atoms with Gasteiger partial charge in [-0.1, -0.05) is 35.9 Å². The van der Waals surface area contributed by atoms with E-state index in [2.05, 4.69) is 0 Å². The van der Waals surface area contributed by atoms with E-state index in [1.807, 2.05) is 42.5 Å². The number of fused-ring (bicyclic) bond motifs is 1. The van der Waals surface area contributed by atoms with Gasteiger partial charge in [0.2, 0.25) is 0 Å². The summed E-state index contributed by atoms with van der Waals surface area (Å²) in [4.78, 5) is 0. The quantitative estimate of drug-likeness (QED) is 0.805. The van der Waals surface area contributed by atoms with Crippen molar-refractivity contribution in [1.82, 2.24) is 0 Å². The molecule has 0 fully saturated rings. The maximum Gasteiger partial charge on any atom is 0.169 e. The molecule has 0 aliphatic carbocycles. The van der Waals surface area contributed by atoms with Gasteiger partial charge in [-0.3, -0.25) is 0 Å². The van der Waals surface area contributed by atoms with Crippen molar-refractivity contribution in [3.8, 4) is 11.5 Å². The van der Waals surface area contributed by atoms with Crippen LogP contribution in [0.3, 0.4) is 0 Å². The average Bonchev–Trinajstić information content (AvgIpc) is 2.41. The van der Waals surface area contributed by atoms with E-state index in [4.69, 9.17) is 21.1 Å². The first-order valence-electron chi connectivity index (χ1n) is 5.67. The number of ether oxygens (including phenoxy) is 2. The van der Waals surface area contributed by atoms with Crippen molar-refractivity contribution in [2.75, 3.05) is 0 Å². The van der Waals surface area contributed by atoms with E-state index in [0.717, 1.165) is 34.1 Å². The third-order valence-electron chi connectivity index (χ3n) is 2.81. The van der Waals surface area contributed by atoms with E-state index in [1.54, 1.807) is 0 Å². The lowest BCUT2D eigenvalue weighted by Gasteiger charge is -2.13. The summed E-state index contributed by atoms with van der Waals surface area (Å²) in [5.74, 6) is 1.47. The van der Waals surface area contributed by atoms with Crippen LogP contribution in [0.1, 0.15) is 11.1 Å². The summed E-state index contributed by atoms with van der Waals surface area (Å²) in [5.41, 5.74) is 2.24. The minimum Gasteiger partial charge on any atom is -0.458 e. The summed E-state index contributed by atoms with van der Waals surface area (Å²) in [7, 11) is 0. The van der Waals surface area contributed by atoms with Gasteiger partial charge in [-0.2, -0.15) is 0 Å². The monoisotopic (exact) mass is 258 g/mol. The maximum atomic E-state index is 6.15. The minimum absolute atomic E-state index is 0.736. The molecule has 0 saturated heterocycles. The second-order valence-corrected chi connectivity index (χ2v) is 4.46. The molecule has 0 bridgehead atoms. The number of hydrogen-bond donors (Lipinski definition) is 0. The number of halogens is 1. The Morgan fingerprint density at radius 3 is 2.50 bits per heavy atom. The second kappa shape index (κ2) is 4.75. The fraction of sp³-hybridized carbons (Fsp3) is 0.0667. The molecule has 0 saturated carbocycles. The Labute approximate surface area is 110 Å². The largest absolute Gasteiger partial charge is 0.458 e. The molecule has 0 aromatic heterocycles. The van der Waals surface area contributed by atoms with Crippen LogP contribution >= 0.6 is 11.6 Å². The van der Waals surface area contributed by atoms with Crippen molar-refractivity contribution in [3.05, 3.63) is 71.1 Å². The summed E-state index contributed by atoms with van der Waals surface area (Å²) in [6.45, 7) is 0. The van der Waals surface area contributed by atoms with Crippen LogP contribution in [-0.2, 0) is 6.42 Å². The molecule has 90 valence electrons. The number of rotatable bonds is 2. The summed E-state index contributed by atoms with van der Waals surface area (Å²) >= 11 is 6.15. The Kier molecular flexibility index (Phi) is 2.95. The molecule has 3 heteroatoms. The zero-order valence-electron chi connectivity index (χ0n) is 9.60. The standard InChI is InChI=1S/C15H11ClO2/c16-13-4-2-1-3-12(13)9-11-5-6-14-15(10-11)18-8-7-17-14/h1-8,10H,9H2. The molecule has 0 N–H and O–H groups in total. The van der Waals surface area contributed by atoms with Crippen molar-refractivity contribution in [1.29, 1.82) is 0 Å². The highest BCUT2D eigenvalue weighted by Crippen LogP contribution is 2.32. The lowest BCUT2D eigenvalue weighted by Crippen LogP contribution is -1.97. The summed E-state index contributed by atoms with van der Waals surface area (Å²) < 4.78 is 10.7. The molecule has 2 aromatic carbocycles. The molecule has 1 heterocycles. The summed E-state index contributed by atoms with van der Waals surface area (Å²) in [6.07, 6.45) is 3.83. The SMILES string of the molecule is Clc1ccccc1Cc1ccc2c(c1)OC=CO2. The van der Waals surface area contributed by atoms with Gasteiger partial charge in [0.15, 0.2) is 11.5 Å². The van der Waals surface area contributed by atoms with Crippen LogP contribution in [0.2, 0.25) is 5.02 Å². The van der Waals surface area contributed by atoms with E-state index in [-0.39, 0.29) is 0 Å². The molecule has 0 radical (unpaired) electrons. The minimum atomic E-state index is 0.736. The topological polar surface area (TPSA) is 18.5 Å². The molecule has 3 rings (SSSR count). The van der Waals surface area contributed by atoms with Gasteiger partial charge in [0.25, 0.3) is 0 Å². The molecule has 2 nitrogen and oxygen atoms in total. The molecule has 1 aliphatic heterocycles. The Balaban J connectivity index is 1.88. The van der Waals surface area contributed by atoms with E-state index in [9.17, 15) is 0 Å². The zero-order chi connectivity index (χ0) is 12.4. The van der Waals surface area contributed by atoms with Crippen molar-refractivity contribution >= 4 is 11.6 Å². The van der Waals surface area contributed by atoms with Gasteiger partial charge in [-0.25, -0.2) is 0 Å². The lowest BCUT2D eigenvalue weighted by molar-refractivity contribution is 0.361. The van der Waals surface area contributed by atoms with Crippen molar-refractivity contribution < 1.29 is 9.47 Å². The molecule has 18 heavy (non-hydrogen) atoms. The molecule has 1 aliphatic rings. The normalized spacial score (nSPS) is 12.5. The van der Waals surface area contributed by atoms with E-state index >= 15 is 0 Å². The van der Waals surface area contributed by atoms with Crippen LogP contribution in [0, 0.1) is 0 Å². The van der Waals surface area contributed by atoms with E-state index in [1.165, 1.54) is 12.5 Å². The first-order chi connectivity index (χ1) is 8.83. The molecule has 0 amide bonds. The van der Waals surface area contributed by atoms with Gasteiger partial charge >= 0.3 is 0 Å². The van der Waals surface area contributed by atoms with Crippen LogP contribution < -0.4 is 9.47 Å². The van der Waals surface area contributed by atoms with Crippen LogP contribution in [0.25, 0.3) is 0 Å². The number of benzene rings is 2. The lowest BCUT2D eigenvalue weighted by atomic mass is 10.0. The first-order valence-corrected chi connectivity index (χ1v) is 6.05. The predicted octanol–water partition coefficient (Wildman–Crippen LogP) is 4.17. The Bertz CT molecular complexity index is 605. The molecule has 0 atom stereocenters.